The lowest BCUT2D eigenvalue weighted by atomic mass is 10.1. The number of benzene rings is 2. The maximum absolute atomic E-state index is 13.5. The van der Waals surface area contributed by atoms with Gasteiger partial charge in [0.25, 0.3) is 17.3 Å². The van der Waals surface area contributed by atoms with Gasteiger partial charge in [0.1, 0.15) is 0 Å². The average Bonchev–Trinajstić information content (AvgIpc) is 3.21. The zero-order chi connectivity index (χ0) is 23.7. The Morgan fingerprint density at radius 2 is 1.79 bits per heavy atom. The number of nitro benzene ring substituents is 2. The average molecular weight is 484 g/mol. The molecule has 0 aliphatic carbocycles. The molecule has 4 aromatic rings. The van der Waals surface area contributed by atoms with E-state index in [-0.39, 0.29) is 12.1 Å². The van der Waals surface area contributed by atoms with Gasteiger partial charge in [-0.2, -0.15) is 0 Å². The van der Waals surface area contributed by atoms with Crippen molar-refractivity contribution in [3.8, 4) is 0 Å². The van der Waals surface area contributed by atoms with Crippen LogP contribution in [-0.4, -0.2) is 25.7 Å². The Labute approximate surface area is 195 Å². The molecule has 0 unspecified atom stereocenters. The molecular formula is C21H14ClN5O5S. The maximum atomic E-state index is 13.5. The Bertz CT molecular complexity index is 1380. The number of nitrogens with zero attached hydrogens (tertiary/aromatic N) is 5. The van der Waals surface area contributed by atoms with Gasteiger partial charge in [-0.15, -0.1) is 0 Å². The zero-order valence-corrected chi connectivity index (χ0v) is 18.5. The van der Waals surface area contributed by atoms with Gasteiger partial charge in [0.2, 0.25) is 0 Å². The van der Waals surface area contributed by atoms with Crippen molar-refractivity contribution in [1.29, 1.82) is 0 Å². The number of aromatic nitrogens is 2. The minimum atomic E-state index is -0.782. The molecule has 0 fully saturated rings. The van der Waals surface area contributed by atoms with Crippen molar-refractivity contribution in [3.05, 3.63) is 96.8 Å². The van der Waals surface area contributed by atoms with Crippen LogP contribution in [0.4, 0.5) is 16.5 Å². The number of carbonyl (C=O) groups excluding carboxylic acids is 1. The molecule has 0 saturated carbocycles. The van der Waals surface area contributed by atoms with Crippen LogP contribution < -0.4 is 4.90 Å². The normalized spacial score (nSPS) is 10.8. The second-order valence-corrected chi connectivity index (χ2v) is 8.48. The van der Waals surface area contributed by atoms with Crippen LogP contribution in [0.25, 0.3) is 10.2 Å². The van der Waals surface area contributed by atoms with E-state index in [4.69, 9.17) is 11.6 Å². The molecule has 166 valence electrons. The maximum Gasteiger partial charge on any atom is 0.277 e. The molecule has 0 atom stereocenters. The van der Waals surface area contributed by atoms with Gasteiger partial charge in [0.05, 0.1) is 43.9 Å². The number of non-ortho nitro benzene ring substituents is 2. The number of amides is 1. The van der Waals surface area contributed by atoms with Crippen molar-refractivity contribution in [3.63, 3.8) is 0 Å². The van der Waals surface area contributed by atoms with Crippen LogP contribution in [0.2, 0.25) is 5.02 Å². The zero-order valence-electron chi connectivity index (χ0n) is 17.0. The van der Waals surface area contributed by atoms with Crippen molar-refractivity contribution >= 4 is 55.6 Å². The smallest absolute Gasteiger partial charge is 0.277 e. The summed E-state index contributed by atoms with van der Waals surface area (Å²) in [6, 6.07) is 11.5. The van der Waals surface area contributed by atoms with Gasteiger partial charge >= 0.3 is 0 Å². The number of aryl methyl sites for hydroxylation is 1. The van der Waals surface area contributed by atoms with E-state index in [0.717, 1.165) is 28.5 Å². The van der Waals surface area contributed by atoms with Crippen molar-refractivity contribution in [2.24, 2.45) is 0 Å². The lowest BCUT2D eigenvalue weighted by molar-refractivity contribution is -0.394. The summed E-state index contributed by atoms with van der Waals surface area (Å²) in [5.41, 5.74) is 0.689. The summed E-state index contributed by atoms with van der Waals surface area (Å²) < 4.78 is 0.749. The molecule has 0 bridgehead atoms. The first-order chi connectivity index (χ1) is 15.7. The number of thiazole rings is 1. The van der Waals surface area contributed by atoms with Gasteiger partial charge in [-0.1, -0.05) is 29.0 Å². The fourth-order valence-electron chi connectivity index (χ4n) is 3.22. The summed E-state index contributed by atoms with van der Waals surface area (Å²) in [6.45, 7) is 1.84. The Morgan fingerprint density at radius 1 is 1.09 bits per heavy atom. The molecule has 0 radical (unpaired) electrons. The van der Waals surface area contributed by atoms with Crippen LogP contribution in [0.3, 0.4) is 0 Å². The van der Waals surface area contributed by atoms with E-state index in [1.807, 2.05) is 6.92 Å². The number of fused-ring (bicyclic) bond motifs is 1. The molecule has 10 nitrogen and oxygen atoms in total. The molecule has 0 spiro atoms. The molecule has 0 saturated heterocycles. The summed E-state index contributed by atoms with van der Waals surface area (Å²) >= 11 is 7.37. The lowest BCUT2D eigenvalue weighted by Crippen LogP contribution is -2.30. The van der Waals surface area contributed by atoms with Gasteiger partial charge in [0, 0.05) is 23.4 Å². The van der Waals surface area contributed by atoms with Crippen molar-refractivity contribution < 1.29 is 14.6 Å². The highest BCUT2D eigenvalue weighted by atomic mass is 35.5. The number of hydrogen-bond donors (Lipinski definition) is 0. The summed E-state index contributed by atoms with van der Waals surface area (Å²) in [6.07, 6.45) is 1.57. The number of rotatable bonds is 6. The van der Waals surface area contributed by atoms with Crippen LogP contribution in [0, 0.1) is 27.2 Å². The molecular weight excluding hydrogens is 470 g/mol. The number of carbonyl (C=O) groups is 1. The fourth-order valence-corrected chi connectivity index (χ4v) is 4.64. The molecule has 0 aliphatic rings. The van der Waals surface area contributed by atoms with Gasteiger partial charge in [-0.05, 0) is 36.8 Å². The largest absolute Gasteiger partial charge is 0.278 e. The summed E-state index contributed by atoms with van der Waals surface area (Å²) in [5.74, 6) is -0.685. The highest BCUT2D eigenvalue weighted by Gasteiger charge is 2.27. The second-order valence-electron chi connectivity index (χ2n) is 7.03. The van der Waals surface area contributed by atoms with Crippen LogP contribution in [0.5, 0.6) is 0 Å². The summed E-state index contributed by atoms with van der Waals surface area (Å²) in [4.78, 5) is 44.7. The third-order valence-electron chi connectivity index (χ3n) is 4.73. The first-order valence-electron chi connectivity index (χ1n) is 9.45. The molecule has 33 heavy (non-hydrogen) atoms. The van der Waals surface area contributed by atoms with Crippen LogP contribution in [-0.2, 0) is 6.54 Å². The predicted octanol–water partition coefficient (Wildman–Crippen LogP) is 5.32. The predicted molar refractivity (Wildman–Crippen MR) is 124 cm³/mol. The molecule has 2 aromatic carbocycles. The van der Waals surface area contributed by atoms with Gasteiger partial charge < -0.3 is 0 Å². The number of anilines is 1. The molecule has 2 aromatic heterocycles. The number of nitro groups is 2. The molecule has 2 heterocycles. The molecule has 0 N–H and O–H groups in total. The van der Waals surface area contributed by atoms with Gasteiger partial charge in [-0.25, -0.2) is 4.98 Å². The Balaban J connectivity index is 1.85. The minimum Gasteiger partial charge on any atom is -0.278 e. The Morgan fingerprint density at radius 3 is 2.39 bits per heavy atom. The van der Waals surface area contributed by atoms with E-state index >= 15 is 0 Å². The van der Waals surface area contributed by atoms with Gasteiger partial charge in [0.15, 0.2) is 5.13 Å². The quantitative estimate of drug-likeness (QED) is 0.268. The highest BCUT2D eigenvalue weighted by Crippen LogP contribution is 2.35. The summed E-state index contributed by atoms with van der Waals surface area (Å²) in [5, 5.41) is 23.4. The molecule has 0 aliphatic heterocycles. The van der Waals surface area contributed by atoms with Crippen LogP contribution >= 0.6 is 22.9 Å². The van der Waals surface area contributed by atoms with E-state index in [1.165, 1.54) is 16.2 Å². The van der Waals surface area contributed by atoms with Crippen LogP contribution in [0.15, 0.2) is 54.7 Å². The Hall–Kier alpha value is -3.96. The van der Waals surface area contributed by atoms with E-state index in [1.54, 1.807) is 36.5 Å². The standard InChI is InChI=1S/C21H14ClN5O5S/c1-12-6-14(22)9-18-19(12)24-21(33-18)25(11-15-4-2-3-5-23-15)20(28)13-7-16(26(29)30)10-17(8-13)27(31)32/h2-10H,11H2,1H3. The molecule has 12 heteroatoms. The first kappa shape index (κ1) is 22.2. The lowest BCUT2D eigenvalue weighted by Gasteiger charge is -2.19. The number of pyridine rings is 1. The van der Waals surface area contributed by atoms with Crippen LogP contribution in [0.1, 0.15) is 21.6 Å². The first-order valence-corrected chi connectivity index (χ1v) is 10.6. The van der Waals surface area contributed by atoms with Crippen molar-refractivity contribution in [2.45, 2.75) is 13.5 Å². The van der Waals surface area contributed by atoms with Crippen molar-refractivity contribution in [1.82, 2.24) is 9.97 Å². The van der Waals surface area contributed by atoms with E-state index in [0.29, 0.717) is 21.4 Å². The van der Waals surface area contributed by atoms with Gasteiger partial charge in [-0.3, -0.25) is 34.9 Å². The van der Waals surface area contributed by atoms with E-state index in [9.17, 15) is 25.0 Å². The fraction of sp³-hybridized carbons (Fsp3) is 0.0952. The molecule has 1 amide bonds. The monoisotopic (exact) mass is 483 g/mol. The molecule has 4 rings (SSSR count). The third-order valence-corrected chi connectivity index (χ3v) is 5.98. The van der Waals surface area contributed by atoms with Crippen molar-refractivity contribution in [2.75, 3.05) is 4.90 Å². The number of hydrogen-bond acceptors (Lipinski definition) is 8. The topological polar surface area (TPSA) is 132 Å². The third kappa shape index (κ3) is 4.64. The van der Waals surface area contributed by atoms with E-state index in [2.05, 4.69) is 9.97 Å². The second kappa shape index (κ2) is 8.88. The number of halogens is 1. The summed E-state index contributed by atoms with van der Waals surface area (Å²) in [7, 11) is 0. The Kier molecular flexibility index (Phi) is 5.99. The minimum absolute atomic E-state index is 0.00274. The SMILES string of the molecule is Cc1cc(Cl)cc2sc(N(Cc3ccccn3)C(=O)c3cc([N+](=O)[O-])cc([N+](=O)[O-])c3)nc12. The highest BCUT2D eigenvalue weighted by molar-refractivity contribution is 7.22. The van der Waals surface area contributed by atoms with E-state index < -0.39 is 27.1 Å².